The minimum absolute atomic E-state index is 0.0483. The fraction of sp³-hybridized carbons (Fsp3) is 0.770. The van der Waals surface area contributed by atoms with Crippen LogP contribution in [0.15, 0.2) is 72.9 Å². The molecular weight excluding hydrogens is 827 g/mol. The lowest BCUT2D eigenvalue weighted by Crippen LogP contribution is -2.46. The zero-order valence-electron chi connectivity index (χ0n) is 44.3. The van der Waals surface area contributed by atoms with Gasteiger partial charge in [0.1, 0.15) is 6.10 Å². The van der Waals surface area contributed by atoms with Crippen LogP contribution in [0.2, 0.25) is 0 Å². The summed E-state index contributed by atoms with van der Waals surface area (Å²) >= 11 is 0. The molecule has 0 fully saturated rings. The molecule has 0 aromatic heterocycles. The fourth-order valence-corrected chi connectivity index (χ4v) is 8.47. The van der Waals surface area contributed by atoms with E-state index < -0.39 is 18.2 Å². The van der Waals surface area contributed by atoms with Crippen LogP contribution in [0.3, 0.4) is 0 Å². The first-order valence-corrected chi connectivity index (χ1v) is 28.7. The number of ether oxygens (including phenoxy) is 1. The van der Waals surface area contributed by atoms with E-state index in [2.05, 4.69) is 99.0 Å². The van der Waals surface area contributed by atoms with Crippen LogP contribution in [0.25, 0.3) is 0 Å². The summed E-state index contributed by atoms with van der Waals surface area (Å²) < 4.78 is 5.94. The molecule has 0 aliphatic heterocycles. The van der Waals surface area contributed by atoms with E-state index >= 15 is 0 Å². The molecule has 0 saturated heterocycles. The Morgan fingerprint density at radius 1 is 0.448 bits per heavy atom. The van der Waals surface area contributed by atoms with E-state index in [1.807, 2.05) is 0 Å². The van der Waals surface area contributed by atoms with Gasteiger partial charge >= 0.3 is 5.97 Å². The Hall–Kier alpha value is -2.70. The Labute approximate surface area is 415 Å². The van der Waals surface area contributed by atoms with Crippen molar-refractivity contribution >= 4 is 11.9 Å². The molecule has 3 atom stereocenters. The van der Waals surface area contributed by atoms with Gasteiger partial charge in [-0.25, -0.2) is 0 Å². The Morgan fingerprint density at radius 2 is 0.821 bits per heavy atom. The lowest BCUT2D eigenvalue weighted by Gasteiger charge is -2.24. The molecule has 0 bridgehead atoms. The van der Waals surface area contributed by atoms with Crippen LogP contribution < -0.4 is 5.32 Å². The topological polar surface area (TPSA) is 95.9 Å². The van der Waals surface area contributed by atoms with Crippen molar-refractivity contribution in [3.05, 3.63) is 72.9 Å². The largest absolute Gasteiger partial charge is 0.462 e. The quantitative estimate of drug-likeness (QED) is 0.0244. The molecular formula is C61H109NO5. The van der Waals surface area contributed by atoms with Crippen molar-refractivity contribution in [2.45, 2.75) is 296 Å². The predicted molar refractivity (Wildman–Crippen MR) is 291 cm³/mol. The fourth-order valence-electron chi connectivity index (χ4n) is 8.47. The Kier molecular flexibility index (Phi) is 52.1. The van der Waals surface area contributed by atoms with Crippen molar-refractivity contribution < 1.29 is 24.5 Å². The molecule has 0 spiro atoms. The first-order chi connectivity index (χ1) is 33.0. The molecule has 0 heterocycles. The van der Waals surface area contributed by atoms with Gasteiger partial charge in [-0.2, -0.15) is 0 Å². The minimum atomic E-state index is -0.802. The molecule has 0 aliphatic carbocycles. The number of hydrogen-bond acceptors (Lipinski definition) is 5. The number of esters is 1. The van der Waals surface area contributed by atoms with Gasteiger partial charge in [-0.15, -0.1) is 0 Å². The Morgan fingerprint density at radius 3 is 1.31 bits per heavy atom. The highest BCUT2D eigenvalue weighted by Gasteiger charge is 2.24. The molecule has 0 rings (SSSR count). The number of nitrogens with one attached hydrogen (secondary N) is 1. The van der Waals surface area contributed by atoms with Gasteiger partial charge in [0.25, 0.3) is 0 Å². The maximum atomic E-state index is 13.3. The van der Waals surface area contributed by atoms with Crippen LogP contribution in [-0.2, 0) is 14.3 Å². The van der Waals surface area contributed by atoms with Gasteiger partial charge in [0.05, 0.1) is 25.2 Å². The molecule has 6 nitrogen and oxygen atoms in total. The van der Waals surface area contributed by atoms with Gasteiger partial charge in [-0.1, -0.05) is 254 Å². The van der Waals surface area contributed by atoms with E-state index in [0.29, 0.717) is 19.3 Å². The van der Waals surface area contributed by atoms with E-state index in [1.165, 1.54) is 154 Å². The summed E-state index contributed by atoms with van der Waals surface area (Å²) in [5, 5.41) is 23.8. The monoisotopic (exact) mass is 936 g/mol. The Balaban J connectivity index is 4.64. The Bertz CT molecular complexity index is 1230. The molecule has 0 aromatic rings. The number of hydrogen-bond donors (Lipinski definition) is 3. The summed E-state index contributed by atoms with van der Waals surface area (Å²) in [5.74, 6) is -0.513. The van der Waals surface area contributed by atoms with E-state index in [1.54, 1.807) is 0 Å². The van der Waals surface area contributed by atoms with Crippen molar-refractivity contribution in [1.29, 1.82) is 0 Å². The molecule has 1 amide bonds. The highest BCUT2D eigenvalue weighted by Crippen LogP contribution is 2.18. The average molecular weight is 937 g/mol. The van der Waals surface area contributed by atoms with Gasteiger partial charge in [0.2, 0.25) is 5.91 Å². The first kappa shape index (κ1) is 64.3. The number of rotatable bonds is 51. The second kappa shape index (κ2) is 54.2. The zero-order valence-corrected chi connectivity index (χ0v) is 44.3. The van der Waals surface area contributed by atoms with Crippen molar-refractivity contribution in [3.8, 4) is 0 Å². The van der Waals surface area contributed by atoms with Crippen LogP contribution in [0.4, 0.5) is 0 Å². The molecule has 0 aliphatic rings. The van der Waals surface area contributed by atoms with Gasteiger partial charge < -0.3 is 20.3 Å². The molecule has 3 unspecified atom stereocenters. The van der Waals surface area contributed by atoms with Crippen molar-refractivity contribution in [3.63, 3.8) is 0 Å². The summed E-state index contributed by atoms with van der Waals surface area (Å²) in [6, 6.07) is -0.718. The SMILES string of the molecule is CCCCC/C=C\C/C=C\CCCCCCCCCCCC(=O)OC(CCCCC/C=C/C=C/C=C/C=C/CCCCC)CC(=O)NC(CO)C(O)CCCCCCCCCCCCCCC. The summed E-state index contributed by atoms with van der Waals surface area (Å²) in [6.07, 6.45) is 69.6. The van der Waals surface area contributed by atoms with Crippen LogP contribution in [0.5, 0.6) is 0 Å². The van der Waals surface area contributed by atoms with Gasteiger partial charge in [-0.05, 0) is 83.5 Å². The van der Waals surface area contributed by atoms with E-state index in [4.69, 9.17) is 4.74 Å². The number of allylic oxidation sites excluding steroid dienone is 12. The predicted octanol–water partition coefficient (Wildman–Crippen LogP) is 17.7. The number of carbonyl (C=O) groups is 2. The number of aliphatic hydroxyl groups is 2. The summed E-state index contributed by atoms with van der Waals surface area (Å²) in [4.78, 5) is 26.3. The van der Waals surface area contributed by atoms with Crippen molar-refractivity contribution in [2.24, 2.45) is 0 Å². The summed E-state index contributed by atoms with van der Waals surface area (Å²) in [7, 11) is 0. The number of amides is 1. The summed E-state index contributed by atoms with van der Waals surface area (Å²) in [5.41, 5.74) is 0. The second-order valence-electron chi connectivity index (χ2n) is 19.4. The third kappa shape index (κ3) is 49.5. The van der Waals surface area contributed by atoms with Crippen molar-refractivity contribution in [2.75, 3.05) is 6.61 Å². The third-order valence-corrected chi connectivity index (χ3v) is 12.9. The molecule has 388 valence electrons. The maximum absolute atomic E-state index is 13.3. The van der Waals surface area contributed by atoms with Crippen LogP contribution in [-0.4, -0.2) is 46.9 Å². The highest BCUT2D eigenvalue weighted by atomic mass is 16.5. The van der Waals surface area contributed by atoms with Crippen LogP contribution in [0.1, 0.15) is 278 Å². The lowest BCUT2D eigenvalue weighted by atomic mass is 10.0. The molecule has 0 aromatic carbocycles. The molecule has 67 heavy (non-hydrogen) atoms. The maximum Gasteiger partial charge on any atom is 0.306 e. The second-order valence-corrected chi connectivity index (χ2v) is 19.4. The molecule has 3 N–H and O–H groups in total. The summed E-state index contributed by atoms with van der Waals surface area (Å²) in [6.45, 7) is 6.42. The molecule has 6 heteroatoms. The van der Waals surface area contributed by atoms with Gasteiger partial charge in [-0.3, -0.25) is 9.59 Å². The standard InChI is InChI=1S/C61H109NO5/c1-4-7-10-13-16-19-22-25-27-29-30-31-33-36-39-42-45-48-51-54-61(66)67-57(52-49-46-43-40-37-35-32-28-26-23-20-17-14-11-8-5-2)55-60(65)62-58(56-63)59(64)53-50-47-44-41-38-34-24-21-18-15-12-9-6-3/h16-17,19-20,23,25-28,32,35,37,57-59,63-64H,4-15,18,21-22,24,29-31,33-34,36,38-56H2,1-3H3,(H,62,65)/b19-16-,20-17+,26-23+,27-25-,32-28+,37-35+. The number of aliphatic hydroxyl groups excluding tert-OH is 2. The number of carbonyl (C=O) groups excluding carboxylic acids is 2. The highest BCUT2D eigenvalue weighted by molar-refractivity contribution is 5.77. The normalized spacial score (nSPS) is 13.7. The number of unbranched alkanes of at least 4 members (excludes halogenated alkanes) is 30. The van der Waals surface area contributed by atoms with Crippen LogP contribution >= 0.6 is 0 Å². The third-order valence-electron chi connectivity index (χ3n) is 12.9. The minimum Gasteiger partial charge on any atom is -0.462 e. The van der Waals surface area contributed by atoms with E-state index in [-0.39, 0.29) is 24.9 Å². The van der Waals surface area contributed by atoms with Crippen LogP contribution in [0, 0.1) is 0 Å². The lowest BCUT2D eigenvalue weighted by molar-refractivity contribution is -0.151. The van der Waals surface area contributed by atoms with Gasteiger partial charge in [0.15, 0.2) is 0 Å². The van der Waals surface area contributed by atoms with E-state index in [9.17, 15) is 19.8 Å². The van der Waals surface area contributed by atoms with Gasteiger partial charge in [0, 0.05) is 6.42 Å². The zero-order chi connectivity index (χ0) is 48.8. The smallest absolute Gasteiger partial charge is 0.306 e. The van der Waals surface area contributed by atoms with Crippen molar-refractivity contribution in [1.82, 2.24) is 5.32 Å². The first-order valence-electron chi connectivity index (χ1n) is 28.7. The average Bonchev–Trinajstić information content (AvgIpc) is 3.32. The molecule has 0 saturated carbocycles. The van der Waals surface area contributed by atoms with E-state index in [0.717, 1.165) is 77.0 Å². The molecule has 0 radical (unpaired) electrons.